The zero-order chi connectivity index (χ0) is 15.4. The summed E-state index contributed by atoms with van der Waals surface area (Å²) in [7, 11) is 0. The predicted molar refractivity (Wildman–Crippen MR) is 84.4 cm³/mol. The fraction of sp³-hybridized carbons (Fsp3) is 0.471. The molecule has 2 aromatic rings. The van der Waals surface area contributed by atoms with Crippen molar-refractivity contribution < 1.29 is 9.63 Å². The monoisotopic (exact) mass is 301 g/mol. The van der Waals surface area contributed by atoms with Crippen molar-refractivity contribution in [2.75, 3.05) is 32.7 Å². The van der Waals surface area contributed by atoms with Gasteiger partial charge in [0, 0.05) is 38.8 Å². The Morgan fingerprint density at radius 2 is 1.82 bits per heavy atom. The lowest BCUT2D eigenvalue weighted by Gasteiger charge is -2.35. The highest BCUT2D eigenvalue weighted by molar-refractivity contribution is 5.17. The molecule has 1 aliphatic heterocycles. The maximum atomic E-state index is 10.3. The maximum absolute atomic E-state index is 10.3. The summed E-state index contributed by atoms with van der Waals surface area (Å²) < 4.78 is 5.27. The molecule has 1 fully saturated rings. The van der Waals surface area contributed by atoms with Gasteiger partial charge in [-0.05, 0) is 12.5 Å². The normalized spacial score (nSPS) is 18.5. The molecule has 3 rings (SSSR count). The van der Waals surface area contributed by atoms with Crippen molar-refractivity contribution in [3.05, 3.63) is 53.4 Å². The number of piperazine rings is 1. The summed E-state index contributed by atoms with van der Waals surface area (Å²) in [6, 6.07) is 11.9. The number of aryl methyl sites for hydroxylation is 1. The van der Waals surface area contributed by atoms with E-state index in [1.54, 1.807) is 0 Å². The lowest BCUT2D eigenvalue weighted by molar-refractivity contribution is 0.0670. The number of aromatic nitrogens is 1. The van der Waals surface area contributed by atoms with Crippen LogP contribution in [0.2, 0.25) is 0 Å². The second-order valence-electron chi connectivity index (χ2n) is 5.94. The van der Waals surface area contributed by atoms with Crippen LogP contribution in [0.3, 0.4) is 0 Å². The van der Waals surface area contributed by atoms with Crippen LogP contribution in [-0.2, 0) is 6.54 Å². The van der Waals surface area contributed by atoms with E-state index in [0.717, 1.165) is 49.7 Å². The van der Waals surface area contributed by atoms with Gasteiger partial charge in [-0.15, -0.1) is 0 Å². The van der Waals surface area contributed by atoms with Crippen LogP contribution in [0.1, 0.15) is 23.1 Å². The third kappa shape index (κ3) is 3.94. The van der Waals surface area contributed by atoms with Gasteiger partial charge < -0.3 is 9.63 Å². The van der Waals surface area contributed by atoms with Crippen molar-refractivity contribution in [2.45, 2.75) is 19.6 Å². The summed E-state index contributed by atoms with van der Waals surface area (Å²) in [6.45, 7) is 7.36. The molecule has 1 N–H and O–H groups in total. The number of nitrogens with zero attached hydrogens (tertiary/aromatic N) is 3. The minimum Gasteiger partial charge on any atom is -0.387 e. The maximum Gasteiger partial charge on any atom is 0.150 e. The molecule has 5 nitrogen and oxygen atoms in total. The van der Waals surface area contributed by atoms with Crippen LogP contribution in [0.15, 0.2) is 40.9 Å². The van der Waals surface area contributed by atoms with Crippen molar-refractivity contribution in [3.63, 3.8) is 0 Å². The molecule has 118 valence electrons. The Hall–Kier alpha value is -1.69. The van der Waals surface area contributed by atoms with Gasteiger partial charge >= 0.3 is 0 Å². The Bertz CT molecular complexity index is 577. The molecule has 0 spiro atoms. The van der Waals surface area contributed by atoms with Crippen LogP contribution < -0.4 is 0 Å². The first-order chi connectivity index (χ1) is 10.7. The van der Waals surface area contributed by atoms with E-state index in [1.807, 2.05) is 43.3 Å². The smallest absolute Gasteiger partial charge is 0.150 e. The predicted octanol–water partition coefficient (Wildman–Crippen LogP) is 1.83. The summed E-state index contributed by atoms with van der Waals surface area (Å²) in [5.41, 5.74) is 1.92. The summed E-state index contributed by atoms with van der Waals surface area (Å²) in [5, 5.41) is 14.2. The van der Waals surface area contributed by atoms with E-state index < -0.39 is 6.10 Å². The second kappa shape index (κ2) is 7.05. The summed E-state index contributed by atoms with van der Waals surface area (Å²) in [5.74, 6) is 0.926. The van der Waals surface area contributed by atoms with Gasteiger partial charge in [-0.1, -0.05) is 35.5 Å². The lowest BCUT2D eigenvalue weighted by atomic mass is 10.1. The van der Waals surface area contributed by atoms with Crippen LogP contribution in [-0.4, -0.2) is 52.8 Å². The molecule has 0 radical (unpaired) electrons. The van der Waals surface area contributed by atoms with Gasteiger partial charge in [0.05, 0.1) is 18.3 Å². The molecular formula is C17H23N3O2. The number of aliphatic hydroxyl groups excluding tert-OH is 1. The molecule has 0 amide bonds. The van der Waals surface area contributed by atoms with Gasteiger partial charge in [0.1, 0.15) is 0 Å². The Morgan fingerprint density at radius 1 is 1.14 bits per heavy atom. The van der Waals surface area contributed by atoms with Crippen LogP contribution >= 0.6 is 0 Å². The molecule has 1 unspecified atom stereocenters. The highest BCUT2D eigenvalue weighted by Crippen LogP contribution is 2.16. The van der Waals surface area contributed by atoms with Crippen LogP contribution in [0, 0.1) is 6.92 Å². The van der Waals surface area contributed by atoms with E-state index in [2.05, 4.69) is 15.0 Å². The molecule has 1 aromatic carbocycles. The zero-order valence-corrected chi connectivity index (χ0v) is 13.0. The first-order valence-electron chi connectivity index (χ1n) is 7.80. The number of benzene rings is 1. The van der Waals surface area contributed by atoms with E-state index in [0.29, 0.717) is 6.54 Å². The molecule has 5 heteroatoms. The lowest BCUT2D eigenvalue weighted by Crippen LogP contribution is -2.47. The third-order valence-electron chi connectivity index (χ3n) is 4.14. The molecule has 1 saturated heterocycles. The van der Waals surface area contributed by atoms with Gasteiger partial charge in [-0.3, -0.25) is 9.80 Å². The molecule has 1 aliphatic rings. The standard InChI is InChI=1S/C17H23N3O2/c1-14-11-16(22-18-14)12-19-7-9-20(10-8-19)13-17(21)15-5-3-2-4-6-15/h2-6,11,17,21H,7-10,12-13H2,1H3. The molecule has 1 aromatic heterocycles. The Labute approximate surface area is 131 Å². The molecular weight excluding hydrogens is 278 g/mol. The Kier molecular flexibility index (Phi) is 4.87. The molecule has 0 aliphatic carbocycles. The summed E-state index contributed by atoms with van der Waals surface area (Å²) >= 11 is 0. The van der Waals surface area contributed by atoms with E-state index in [1.165, 1.54) is 0 Å². The number of hydrogen-bond acceptors (Lipinski definition) is 5. The average molecular weight is 301 g/mol. The minimum absolute atomic E-state index is 0.412. The Morgan fingerprint density at radius 3 is 2.45 bits per heavy atom. The quantitative estimate of drug-likeness (QED) is 0.913. The second-order valence-corrected chi connectivity index (χ2v) is 5.94. The molecule has 1 atom stereocenters. The summed E-state index contributed by atoms with van der Waals surface area (Å²) in [6.07, 6.45) is -0.412. The number of hydrogen-bond donors (Lipinski definition) is 1. The van der Waals surface area contributed by atoms with Gasteiger partial charge in [0.15, 0.2) is 5.76 Å². The first-order valence-corrected chi connectivity index (χ1v) is 7.80. The highest BCUT2D eigenvalue weighted by atomic mass is 16.5. The van der Waals surface area contributed by atoms with Crippen LogP contribution in [0.25, 0.3) is 0 Å². The van der Waals surface area contributed by atoms with Crippen LogP contribution in [0.4, 0.5) is 0 Å². The van der Waals surface area contributed by atoms with Crippen molar-refractivity contribution >= 4 is 0 Å². The number of aliphatic hydroxyl groups is 1. The minimum atomic E-state index is -0.412. The number of rotatable bonds is 5. The van der Waals surface area contributed by atoms with Gasteiger partial charge in [0.25, 0.3) is 0 Å². The number of β-amino-alcohol motifs (C(OH)–C–C–N with tert-alkyl or cyclic N) is 1. The molecule has 0 saturated carbocycles. The van der Waals surface area contributed by atoms with Gasteiger partial charge in [-0.2, -0.15) is 0 Å². The van der Waals surface area contributed by atoms with Crippen molar-refractivity contribution in [3.8, 4) is 0 Å². The van der Waals surface area contributed by atoms with E-state index in [9.17, 15) is 5.11 Å². The first kappa shape index (κ1) is 15.2. The van der Waals surface area contributed by atoms with Crippen molar-refractivity contribution in [1.29, 1.82) is 0 Å². The topological polar surface area (TPSA) is 52.7 Å². The van der Waals surface area contributed by atoms with Crippen molar-refractivity contribution in [2.24, 2.45) is 0 Å². The molecule has 0 bridgehead atoms. The van der Waals surface area contributed by atoms with E-state index in [4.69, 9.17) is 4.52 Å². The highest BCUT2D eigenvalue weighted by Gasteiger charge is 2.20. The third-order valence-corrected chi connectivity index (χ3v) is 4.14. The average Bonchev–Trinajstić information content (AvgIpc) is 2.95. The molecule has 2 heterocycles. The van der Waals surface area contributed by atoms with Gasteiger partial charge in [0.2, 0.25) is 0 Å². The summed E-state index contributed by atoms with van der Waals surface area (Å²) in [4.78, 5) is 4.69. The SMILES string of the molecule is Cc1cc(CN2CCN(CC(O)c3ccccc3)CC2)on1. The van der Waals surface area contributed by atoms with Crippen molar-refractivity contribution in [1.82, 2.24) is 15.0 Å². The fourth-order valence-corrected chi connectivity index (χ4v) is 2.87. The van der Waals surface area contributed by atoms with Crippen LogP contribution in [0.5, 0.6) is 0 Å². The van der Waals surface area contributed by atoms with E-state index in [-0.39, 0.29) is 0 Å². The largest absolute Gasteiger partial charge is 0.387 e. The fourth-order valence-electron chi connectivity index (χ4n) is 2.87. The van der Waals surface area contributed by atoms with E-state index >= 15 is 0 Å². The Balaban J connectivity index is 1.45. The zero-order valence-electron chi connectivity index (χ0n) is 13.0. The van der Waals surface area contributed by atoms with Gasteiger partial charge in [-0.25, -0.2) is 0 Å². The molecule has 22 heavy (non-hydrogen) atoms.